The van der Waals surface area contributed by atoms with E-state index < -0.39 is 16.7 Å². The average molecular weight is 374 g/mol. The van der Waals surface area contributed by atoms with E-state index >= 15 is 0 Å². The van der Waals surface area contributed by atoms with E-state index in [2.05, 4.69) is 53.8 Å². The van der Waals surface area contributed by atoms with Gasteiger partial charge in [-0.15, -0.1) is 0 Å². The Bertz CT molecular complexity index is 1040. The summed E-state index contributed by atoms with van der Waals surface area (Å²) in [7, 11) is 0. The summed E-state index contributed by atoms with van der Waals surface area (Å²) < 4.78 is 5.01. The molecule has 6 heteroatoms. The molecule has 2 bridgehead atoms. The highest BCUT2D eigenvalue weighted by Gasteiger charge is 2.42. The maximum atomic E-state index is 12.4. The highest BCUT2D eigenvalue weighted by Crippen LogP contribution is 2.55. The van der Waals surface area contributed by atoms with Crippen LogP contribution in [0.3, 0.4) is 0 Å². The van der Waals surface area contributed by atoms with Crippen LogP contribution < -0.4 is 5.32 Å². The van der Waals surface area contributed by atoms with Crippen molar-refractivity contribution < 1.29 is 14.1 Å². The van der Waals surface area contributed by atoms with Crippen molar-refractivity contribution in [1.29, 1.82) is 0 Å². The maximum absolute atomic E-state index is 12.4. The van der Waals surface area contributed by atoms with Crippen LogP contribution in [0.1, 0.15) is 51.1 Å². The molecule has 0 saturated heterocycles. The number of carbonyl (C=O) groups excluding carboxylic acids is 1. The highest BCUT2D eigenvalue weighted by molar-refractivity contribution is 5.91. The average Bonchev–Trinajstić information content (AvgIpc) is 3.23. The first-order chi connectivity index (χ1) is 13.6. The van der Waals surface area contributed by atoms with Gasteiger partial charge in [-0.2, -0.15) is 0 Å². The second kappa shape index (κ2) is 6.34. The molecule has 3 aliphatic carbocycles. The summed E-state index contributed by atoms with van der Waals surface area (Å²) >= 11 is 0. The number of fused-ring (bicyclic) bond motifs is 1. The number of amides is 1. The Morgan fingerprint density at radius 2 is 1.61 bits per heavy atom. The lowest BCUT2D eigenvalue weighted by molar-refractivity contribution is -0.402. The third kappa shape index (κ3) is 2.52. The maximum Gasteiger partial charge on any atom is 0.433 e. The van der Waals surface area contributed by atoms with Gasteiger partial charge in [-0.25, -0.2) is 0 Å². The molecule has 6 nitrogen and oxygen atoms in total. The summed E-state index contributed by atoms with van der Waals surface area (Å²) in [4.78, 5) is 22.5. The van der Waals surface area contributed by atoms with Gasteiger partial charge < -0.3 is 9.73 Å². The van der Waals surface area contributed by atoms with Crippen LogP contribution in [0, 0.1) is 16.0 Å². The predicted octanol–water partition coefficient (Wildman–Crippen LogP) is 4.21. The van der Waals surface area contributed by atoms with Crippen molar-refractivity contribution in [2.24, 2.45) is 5.92 Å². The van der Waals surface area contributed by atoms with Crippen LogP contribution >= 0.6 is 0 Å². The Kier molecular flexibility index (Phi) is 3.79. The largest absolute Gasteiger partial charge is 0.433 e. The number of rotatable bonds is 4. The fourth-order valence-electron chi connectivity index (χ4n) is 4.82. The number of nitrogens with zero attached hydrogens (tertiary/aromatic N) is 1. The molecule has 0 aliphatic heterocycles. The van der Waals surface area contributed by atoms with E-state index in [1.165, 1.54) is 34.4 Å². The lowest BCUT2D eigenvalue weighted by Gasteiger charge is -2.45. The van der Waals surface area contributed by atoms with Gasteiger partial charge in [-0.3, -0.25) is 14.9 Å². The van der Waals surface area contributed by atoms with Crippen LogP contribution in [0.25, 0.3) is 0 Å². The van der Waals surface area contributed by atoms with Crippen molar-refractivity contribution in [3.8, 4) is 0 Å². The molecule has 0 radical (unpaired) electrons. The second-order valence-corrected chi connectivity index (χ2v) is 7.39. The molecule has 2 aromatic carbocycles. The molecule has 28 heavy (non-hydrogen) atoms. The van der Waals surface area contributed by atoms with Crippen molar-refractivity contribution >= 4 is 11.8 Å². The lowest BCUT2D eigenvalue weighted by atomic mass is 9.59. The molecular weight excluding hydrogens is 356 g/mol. The van der Waals surface area contributed by atoms with Crippen molar-refractivity contribution in [2.75, 3.05) is 6.54 Å². The predicted molar refractivity (Wildman–Crippen MR) is 102 cm³/mol. The van der Waals surface area contributed by atoms with Crippen LogP contribution in [0.2, 0.25) is 0 Å². The number of nitro groups is 1. The van der Waals surface area contributed by atoms with Crippen molar-refractivity contribution in [2.45, 2.75) is 18.3 Å². The van der Waals surface area contributed by atoms with Crippen molar-refractivity contribution in [1.82, 2.24) is 5.32 Å². The number of hydrogen-bond acceptors (Lipinski definition) is 4. The molecule has 6 rings (SSSR count). The molecule has 140 valence electrons. The quantitative estimate of drug-likeness (QED) is 0.547. The summed E-state index contributed by atoms with van der Waals surface area (Å²) in [5.41, 5.74) is 5.45. The number of hydrogen-bond donors (Lipinski definition) is 1. The molecule has 1 atom stereocenters. The first-order valence-electron chi connectivity index (χ1n) is 9.33. The minimum absolute atomic E-state index is 0.0338. The summed E-state index contributed by atoms with van der Waals surface area (Å²) in [6.45, 7) is 0.497. The molecule has 0 unspecified atom stereocenters. The smallest absolute Gasteiger partial charge is 0.395 e. The van der Waals surface area contributed by atoms with E-state index in [0.29, 0.717) is 12.5 Å². The van der Waals surface area contributed by atoms with E-state index in [9.17, 15) is 14.9 Å². The molecule has 0 fully saturated rings. The number of carbonyl (C=O) groups is 1. The van der Waals surface area contributed by atoms with E-state index in [0.717, 1.165) is 6.42 Å². The fraction of sp³-hybridized carbons (Fsp3) is 0.227. The highest BCUT2D eigenvalue weighted by atomic mass is 16.6. The summed E-state index contributed by atoms with van der Waals surface area (Å²) in [6.07, 6.45) is 0.970. The first-order valence-corrected chi connectivity index (χ1v) is 9.33. The summed E-state index contributed by atoms with van der Waals surface area (Å²) in [5.74, 6) is -0.0364. The molecule has 1 amide bonds. The van der Waals surface area contributed by atoms with Crippen molar-refractivity contribution in [3.05, 3.63) is 98.8 Å². The van der Waals surface area contributed by atoms with Crippen LogP contribution in [-0.2, 0) is 0 Å². The molecule has 1 N–H and O–H groups in total. The van der Waals surface area contributed by atoms with Crippen LogP contribution in [0.4, 0.5) is 5.88 Å². The van der Waals surface area contributed by atoms with Crippen LogP contribution in [0.15, 0.2) is 65.1 Å². The Morgan fingerprint density at radius 3 is 2.18 bits per heavy atom. The normalized spacial score (nSPS) is 21.6. The van der Waals surface area contributed by atoms with Crippen molar-refractivity contribution in [3.63, 3.8) is 0 Å². The zero-order valence-corrected chi connectivity index (χ0v) is 15.0. The molecular formula is C22H18N2O4. The van der Waals surface area contributed by atoms with E-state index in [1.54, 1.807) is 0 Å². The third-order valence-electron chi connectivity index (χ3n) is 5.94. The SMILES string of the molecule is O=C(NC[C@@H]1CC2c3ccccc3C1c1ccccc12)c1ccc([N+](=O)[O-])o1. The van der Waals surface area contributed by atoms with Gasteiger partial charge in [-0.05, 0) is 40.7 Å². The summed E-state index contributed by atoms with van der Waals surface area (Å²) in [5, 5.41) is 13.7. The van der Waals surface area contributed by atoms with Gasteiger partial charge in [0, 0.05) is 18.4 Å². The zero-order valence-electron chi connectivity index (χ0n) is 15.0. The van der Waals surface area contributed by atoms with Crippen LogP contribution in [-0.4, -0.2) is 17.4 Å². The molecule has 0 spiro atoms. The Morgan fingerprint density at radius 1 is 1.00 bits per heavy atom. The van der Waals surface area contributed by atoms with Gasteiger partial charge in [0.2, 0.25) is 0 Å². The number of furan rings is 1. The van der Waals surface area contributed by atoms with E-state index in [4.69, 9.17) is 4.42 Å². The van der Waals surface area contributed by atoms with Gasteiger partial charge in [-0.1, -0.05) is 48.5 Å². The lowest BCUT2D eigenvalue weighted by Crippen LogP contribution is -2.39. The van der Waals surface area contributed by atoms with E-state index in [-0.39, 0.29) is 17.6 Å². The van der Waals surface area contributed by atoms with Gasteiger partial charge in [0.25, 0.3) is 5.91 Å². The molecule has 0 saturated carbocycles. The fourth-order valence-corrected chi connectivity index (χ4v) is 4.82. The Labute approximate surface area is 161 Å². The molecule has 1 aromatic heterocycles. The van der Waals surface area contributed by atoms with Gasteiger partial charge in [0.05, 0.1) is 6.07 Å². The van der Waals surface area contributed by atoms with E-state index in [1.807, 2.05) is 0 Å². The Hall–Kier alpha value is -3.41. The molecule has 3 aliphatic rings. The molecule has 3 aromatic rings. The first kappa shape index (κ1) is 16.7. The number of benzene rings is 2. The second-order valence-electron chi connectivity index (χ2n) is 7.39. The third-order valence-corrected chi connectivity index (χ3v) is 5.94. The molecule has 1 heterocycles. The van der Waals surface area contributed by atoms with Gasteiger partial charge in [0.1, 0.15) is 4.92 Å². The zero-order chi connectivity index (χ0) is 19.3. The monoisotopic (exact) mass is 374 g/mol. The topological polar surface area (TPSA) is 85.4 Å². The minimum atomic E-state index is -0.648. The number of nitrogens with one attached hydrogen (secondary N) is 1. The minimum Gasteiger partial charge on any atom is -0.395 e. The van der Waals surface area contributed by atoms with Gasteiger partial charge in [0.15, 0.2) is 5.76 Å². The van der Waals surface area contributed by atoms with Crippen LogP contribution in [0.5, 0.6) is 0 Å². The summed E-state index contributed by atoms with van der Waals surface area (Å²) in [6, 6.07) is 19.6. The van der Waals surface area contributed by atoms with Gasteiger partial charge >= 0.3 is 5.88 Å². The Balaban J connectivity index is 1.40. The standard InChI is InChI=1S/C22H18N2O4/c25-22(19-9-10-20(28-19)24(26)27)23-12-13-11-18-14-5-1-3-7-16(14)21(13)17-8-4-2-6-15(17)18/h1-10,13,18,21H,11-12H2,(H,23,25)/t13-,18?,21?/m0/s1.